The molecule has 0 atom stereocenters. The van der Waals surface area contributed by atoms with Gasteiger partial charge in [-0.3, -0.25) is 4.68 Å². The lowest BCUT2D eigenvalue weighted by Crippen LogP contribution is -1.88. The molecule has 0 aliphatic heterocycles. The second kappa shape index (κ2) is 4.28. The molecule has 4 heteroatoms. The molecule has 0 aliphatic carbocycles. The molecule has 0 bridgehead atoms. The third kappa shape index (κ3) is 1.91. The number of hydrogen-bond acceptors (Lipinski definition) is 3. The van der Waals surface area contributed by atoms with Crippen molar-refractivity contribution in [1.82, 2.24) is 9.78 Å². The summed E-state index contributed by atoms with van der Waals surface area (Å²) in [5.41, 5.74) is 2.52. The highest BCUT2D eigenvalue weighted by molar-refractivity contribution is 8.08. The van der Waals surface area contributed by atoms with Gasteiger partial charge >= 0.3 is 0 Å². The van der Waals surface area contributed by atoms with Gasteiger partial charge in [0.15, 0.2) is 0 Å². The number of aryl methyl sites for hydroxylation is 1. The summed E-state index contributed by atoms with van der Waals surface area (Å²) >= 11 is 5.99. The minimum absolute atomic E-state index is 0.866. The van der Waals surface area contributed by atoms with E-state index in [4.69, 9.17) is 0 Å². The first-order chi connectivity index (χ1) is 6.81. The molecule has 0 radical (unpaired) electrons. The van der Waals surface area contributed by atoms with Crippen molar-refractivity contribution in [3.63, 3.8) is 0 Å². The van der Waals surface area contributed by atoms with Gasteiger partial charge in [-0.2, -0.15) is 17.7 Å². The van der Waals surface area contributed by atoms with Gasteiger partial charge in [0.1, 0.15) is 0 Å². The summed E-state index contributed by atoms with van der Waals surface area (Å²) in [6.07, 6.45) is 1.91. The Kier molecular flexibility index (Phi) is 3.03. The van der Waals surface area contributed by atoms with Gasteiger partial charge in [-0.15, -0.1) is 11.8 Å². The molecule has 0 fully saturated rings. The lowest BCUT2D eigenvalue weighted by atomic mass is 10.2. The third-order valence-corrected chi connectivity index (χ3v) is 3.44. The maximum absolute atomic E-state index is 4.21. The second-order valence-electron chi connectivity index (χ2n) is 3.14. The topological polar surface area (TPSA) is 17.8 Å². The van der Waals surface area contributed by atoms with Crippen LogP contribution in [0, 0.1) is 0 Å². The van der Waals surface area contributed by atoms with Gasteiger partial charge in [-0.25, -0.2) is 0 Å². The molecule has 0 saturated heterocycles. The van der Waals surface area contributed by atoms with Crippen LogP contribution in [-0.4, -0.2) is 14.9 Å². The average Bonchev–Trinajstić information content (AvgIpc) is 2.57. The van der Waals surface area contributed by atoms with Gasteiger partial charge in [0.2, 0.25) is 0 Å². The summed E-state index contributed by atoms with van der Waals surface area (Å²) in [6, 6.07) is 6.47. The van der Waals surface area contributed by atoms with Crippen molar-refractivity contribution in [2.75, 3.05) is 5.08 Å². The number of hydrogen-bond donors (Lipinski definition) is 1. The fraction of sp³-hybridized carbons (Fsp3) is 0.300. The number of aromatic nitrogens is 2. The second-order valence-corrected chi connectivity index (χ2v) is 4.87. The summed E-state index contributed by atoms with van der Waals surface area (Å²) in [7, 11) is 1.96. The Hall–Kier alpha value is -0.610. The van der Waals surface area contributed by atoms with Crippen LogP contribution < -0.4 is 0 Å². The van der Waals surface area contributed by atoms with Crippen molar-refractivity contribution in [3.8, 4) is 0 Å². The maximum Gasteiger partial charge on any atom is 0.0679 e. The molecule has 2 nitrogen and oxygen atoms in total. The third-order valence-electron chi connectivity index (χ3n) is 2.17. The predicted octanol–water partition coefficient (Wildman–Crippen LogP) is 2.69. The molecular formula is C10H12N2S2. The first-order valence-corrected chi connectivity index (χ1v) is 6.19. The van der Waals surface area contributed by atoms with Crippen LogP contribution in [0.2, 0.25) is 0 Å². The maximum atomic E-state index is 4.21. The zero-order chi connectivity index (χ0) is 9.97. The molecule has 74 valence electrons. The van der Waals surface area contributed by atoms with E-state index in [-0.39, 0.29) is 0 Å². The summed E-state index contributed by atoms with van der Waals surface area (Å²) in [5, 5.41) is 6.29. The molecule has 2 rings (SSSR count). The molecule has 0 unspecified atom stereocenters. The molecule has 0 N–H and O–H groups in total. The van der Waals surface area contributed by atoms with Crippen LogP contribution in [0.1, 0.15) is 5.56 Å². The van der Waals surface area contributed by atoms with Gasteiger partial charge in [0.25, 0.3) is 0 Å². The number of thioether (sulfide) groups is 1. The van der Waals surface area contributed by atoms with Gasteiger partial charge in [0.05, 0.1) is 11.7 Å². The molecule has 0 saturated carbocycles. The van der Waals surface area contributed by atoms with E-state index in [1.807, 2.05) is 29.7 Å². The van der Waals surface area contributed by atoms with Crippen molar-refractivity contribution < 1.29 is 0 Å². The van der Waals surface area contributed by atoms with E-state index in [1.54, 1.807) is 0 Å². The fourth-order valence-corrected chi connectivity index (χ4v) is 2.25. The van der Waals surface area contributed by atoms with E-state index in [9.17, 15) is 0 Å². The monoisotopic (exact) mass is 224 g/mol. The van der Waals surface area contributed by atoms with Gasteiger partial charge < -0.3 is 0 Å². The van der Waals surface area contributed by atoms with Crippen LogP contribution in [0.5, 0.6) is 0 Å². The predicted molar refractivity (Wildman–Crippen MR) is 65.9 cm³/mol. The standard InChI is InChI=1S/C10H12N2S2/c1-12-10-3-2-8(6-14-7-13)4-9(10)5-11-12/h2-5,13H,6-7H2,1H3. The number of fused-ring (bicyclic) bond motifs is 1. The zero-order valence-corrected chi connectivity index (χ0v) is 9.68. The molecule has 1 heterocycles. The van der Waals surface area contributed by atoms with E-state index < -0.39 is 0 Å². The summed E-state index contributed by atoms with van der Waals surface area (Å²) < 4.78 is 1.89. The Labute approximate surface area is 93.1 Å². The average molecular weight is 224 g/mol. The SMILES string of the molecule is Cn1ncc2cc(CSCS)ccc21. The number of nitrogens with zero attached hydrogens (tertiary/aromatic N) is 2. The van der Waals surface area contributed by atoms with Crippen molar-refractivity contribution in [3.05, 3.63) is 30.0 Å². The normalized spacial score (nSPS) is 11.0. The molecule has 0 amide bonds. The van der Waals surface area contributed by atoms with Crippen LogP contribution >= 0.6 is 24.4 Å². The highest BCUT2D eigenvalue weighted by atomic mass is 32.2. The van der Waals surface area contributed by atoms with Gasteiger partial charge in [0, 0.05) is 23.3 Å². The van der Waals surface area contributed by atoms with E-state index in [0.29, 0.717) is 0 Å². The van der Waals surface area contributed by atoms with E-state index in [1.165, 1.54) is 16.5 Å². The van der Waals surface area contributed by atoms with Crippen molar-refractivity contribution in [2.45, 2.75) is 5.75 Å². The fourth-order valence-electron chi connectivity index (χ4n) is 1.47. The molecule has 0 spiro atoms. The van der Waals surface area contributed by atoms with E-state index >= 15 is 0 Å². The Balaban J connectivity index is 2.32. The minimum atomic E-state index is 0.866. The molecule has 14 heavy (non-hydrogen) atoms. The molecule has 1 aromatic carbocycles. The largest absolute Gasteiger partial charge is 0.268 e. The Bertz CT molecular complexity index is 437. The first kappa shape index (κ1) is 9.93. The smallest absolute Gasteiger partial charge is 0.0679 e. The number of benzene rings is 1. The molecule has 2 aromatic rings. The zero-order valence-electron chi connectivity index (χ0n) is 7.97. The van der Waals surface area contributed by atoms with Crippen molar-refractivity contribution in [1.29, 1.82) is 0 Å². The quantitative estimate of drug-likeness (QED) is 0.638. The molecular weight excluding hydrogens is 212 g/mol. The van der Waals surface area contributed by atoms with Crippen molar-refractivity contribution in [2.24, 2.45) is 7.05 Å². The van der Waals surface area contributed by atoms with Gasteiger partial charge in [-0.05, 0) is 17.7 Å². The lowest BCUT2D eigenvalue weighted by molar-refractivity contribution is 0.797. The van der Waals surface area contributed by atoms with Crippen LogP contribution in [-0.2, 0) is 12.8 Å². The first-order valence-electron chi connectivity index (χ1n) is 4.40. The highest BCUT2D eigenvalue weighted by Crippen LogP contribution is 2.19. The summed E-state index contributed by atoms with van der Waals surface area (Å²) in [6.45, 7) is 0. The van der Waals surface area contributed by atoms with Crippen LogP contribution in [0.4, 0.5) is 0 Å². The van der Waals surface area contributed by atoms with E-state index in [0.717, 1.165) is 10.8 Å². The number of rotatable bonds is 3. The lowest BCUT2D eigenvalue weighted by Gasteiger charge is -2.00. The van der Waals surface area contributed by atoms with Crippen LogP contribution in [0.15, 0.2) is 24.4 Å². The van der Waals surface area contributed by atoms with Crippen molar-refractivity contribution >= 4 is 35.3 Å². The Morgan fingerprint density at radius 1 is 1.50 bits per heavy atom. The van der Waals surface area contributed by atoms with Crippen LogP contribution in [0.3, 0.4) is 0 Å². The highest BCUT2D eigenvalue weighted by Gasteiger charge is 2.00. The van der Waals surface area contributed by atoms with E-state index in [2.05, 4.69) is 35.9 Å². The Morgan fingerprint density at radius 2 is 2.36 bits per heavy atom. The minimum Gasteiger partial charge on any atom is -0.268 e. The summed E-state index contributed by atoms with van der Waals surface area (Å²) in [4.78, 5) is 0. The molecule has 1 aromatic heterocycles. The van der Waals surface area contributed by atoms with Gasteiger partial charge in [-0.1, -0.05) is 6.07 Å². The van der Waals surface area contributed by atoms with Crippen LogP contribution in [0.25, 0.3) is 10.9 Å². The summed E-state index contributed by atoms with van der Waals surface area (Å²) in [5.74, 6) is 1.02. The molecule has 0 aliphatic rings. The number of thiol groups is 1. The Morgan fingerprint density at radius 3 is 3.14 bits per heavy atom.